The number of methoxy groups -OCH3 is 1. The van der Waals surface area contributed by atoms with Gasteiger partial charge in [-0.05, 0) is 37.2 Å². The normalized spacial score (nSPS) is 14.1. The zero-order valence-electron chi connectivity index (χ0n) is 15.6. The molecule has 1 N–H and O–H groups in total. The maximum absolute atomic E-state index is 13.5. The van der Waals surface area contributed by atoms with Gasteiger partial charge in [-0.2, -0.15) is 0 Å². The Labute approximate surface area is 173 Å². The maximum atomic E-state index is 13.5. The van der Waals surface area contributed by atoms with Gasteiger partial charge < -0.3 is 15.0 Å². The summed E-state index contributed by atoms with van der Waals surface area (Å²) in [4.78, 5) is 4.85. The molecule has 2 aromatic carbocycles. The van der Waals surface area contributed by atoms with Gasteiger partial charge in [-0.1, -0.05) is 24.3 Å². The van der Waals surface area contributed by atoms with Crippen molar-refractivity contribution in [2.24, 2.45) is 0 Å². The Hall–Kier alpha value is -1.69. The number of rotatable bonds is 7. The number of hydrogen-bond acceptors (Lipinski definition) is 4. The summed E-state index contributed by atoms with van der Waals surface area (Å²) in [5.41, 5.74) is 1.76. The fourth-order valence-electron chi connectivity index (χ4n) is 3.23. The van der Waals surface area contributed by atoms with Gasteiger partial charge in [-0.3, -0.25) is 4.90 Å². The van der Waals surface area contributed by atoms with Crippen LogP contribution in [0.5, 0.6) is 5.75 Å². The number of ether oxygens (including phenoxy) is 1. The molecule has 3 rings (SSSR count). The highest BCUT2D eigenvalue weighted by Crippen LogP contribution is 2.28. The lowest BCUT2D eigenvalue weighted by atomic mass is 10.2. The molecule has 0 atom stereocenters. The van der Waals surface area contributed by atoms with Gasteiger partial charge in [0.1, 0.15) is 11.6 Å². The predicted octanol–water partition coefficient (Wildman–Crippen LogP) is 4.30. The molecule has 1 saturated heterocycles. The molecule has 0 amide bonds. The second-order valence-electron chi connectivity index (χ2n) is 6.26. The van der Waals surface area contributed by atoms with Gasteiger partial charge in [-0.25, -0.2) is 4.39 Å². The molecule has 1 fully saturated rings. The Balaban J connectivity index is 0.00000182. The second-order valence-corrected chi connectivity index (χ2v) is 6.26. The van der Waals surface area contributed by atoms with Gasteiger partial charge in [0.15, 0.2) is 0 Å². The SMILES string of the molecule is COc1ccccc1N1CCN(CCCNc2ccccc2F)CC1.Cl.Cl. The van der Waals surface area contributed by atoms with E-state index in [1.807, 2.05) is 18.2 Å². The molecule has 0 aromatic heterocycles. The van der Waals surface area contributed by atoms with Crippen molar-refractivity contribution >= 4 is 36.2 Å². The number of anilines is 2. The van der Waals surface area contributed by atoms with Crippen LogP contribution in [-0.2, 0) is 0 Å². The minimum Gasteiger partial charge on any atom is -0.495 e. The zero-order valence-corrected chi connectivity index (χ0v) is 17.2. The van der Waals surface area contributed by atoms with Crippen LogP contribution in [0.2, 0.25) is 0 Å². The molecule has 0 aliphatic carbocycles. The molecule has 0 bridgehead atoms. The van der Waals surface area contributed by atoms with Crippen molar-refractivity contribution in [3.8, 4) is 5.75 Å². The van der Waals surface area contributed by atoms with Gasteiger partial charge >= 0.3 is 0 Å². The van der Waals surface area contributed by atoms with Crippen LogP contribution in [0.1, 0.15) is 6.42 Å². The predicted molar refractivity (Wildman–Crippen MR) is 116 cm³/mol. The third-order valence-corrected chi connectivity index (χ3v) is 4.64. The summed E-state index contributed by atoms with van der Waals surface area (Å²) in [6, 6.07) is 15.0. The molecule has 27 heavy (non-hydrogen) atoms. The quantitative estimate of drug-likeness (QED) is 0.682. The summed E-state index contributed by atoms with van der Waals surface area (Å²) >= 11 is 0. The standard InChI is InChI=1S/C20H26FN3O.2ClH/c1-25-20-10-5-4-9-19(20)24-15-13-23(14-16-24)12-6-11-22-18-8-3-2-7-17(18)21;;/h2-5,7-10,22H,6,11-16H2,1H3;2*1H. The average Bonchev–Trinajstić information content (AvgIpc) is 2.67. The number of para-hydroxylation sites is 3. The fraction of sp³-hybridized carbons (Fsp3) is 0.400. The Morgan fingerprint density at radius 2 is 1.63 bits per heavy atom. The first-order valence-electron chi connectivity index (χ1n) is 8.86. The molecule has 0 radical (unpaired) electrons. The summed E-state index contributed by atoms with van der Waals surface area (Å²) in [6.07, 6.45) is 1.00. The smallest absolute Gasteiger partial charge is 0.146 e. The largest absolute Gasteiger partial charge is 0.495 e. The number of hydrogen-bond donors (Lipinski definition) is 1. The van der Waals surface area contributed by atoms with E-state index in [1.54, 1.807) is 19.2 Å². The van der Waals surface area contributed by atoms with Crippen molar-refractivity contribution in [3.05, 3.63) is 54.3 Å². The first kappa shape index (κ1) is 23.3. The highest BCUT2D eigenvalue weighted by molar-refractivity contribution is 5.85. The molecule has 2 aromatic rings. The van der Waals surface area contributed by atoms with Gasteiger partial charge in [0.2, 0.25) is 0 Å². The van der Waals surface area contributed by atoms with Crippen molar-refractivity contribution in [2.75, 3.05) is 56.6 Å². The Bertz CT molecular complexity index is 682. The molecule has 1 heterocycles. The van der Waals surface area contributed by atoms with E-state index in [1.165, 1.54) is 11.8 Å². The van der Waals surface area contributed by atoms with Crippen molar-refractivity contribution in [2.45, 2.75) is 6.42 Å². The number of nitrogens with zero attached hydrogens (tertiary/aromatic N) is 2. The molecule has 0 saturated carbocycles. The van der Waals surface area contributed by atoms with Gasteiger partial charge in [-0.15, -0.1) is 24.8 Å². The Morgan fingerprint density at radius 1 is 0.963 bits per heavy atom. The van der Waals surface area contributed by atoms with Crippen LogP contribution >= 0.6 is 24.8 Å². The van der Waals surface area contributed by atoms with Gasteiger partial charge in [0.05, 0.1) is 18.5 Å². The highest BCUT2D eigenvalue weighted by Gasteiger charge is 2.18. The molecule has 1 aliphatic heterocycles. The lowest BCUT2D eigenvalue weighted by molar-refractivity contribution is 0.256. The summed E-state index contributed by atoms with van der Waals surface area (Å²) in [5, 5.41) is 3.17. The van der Waals surface area contributed by atoms with Crippen molar-refractivity contribution < 1.29 is 9.13 Å². The van der Waals surface area contributed by atoms with Crippen LogP contribution < -0.4 is 15.0 Å². The highest BCUT2D eigenvalue weighted by atomic mass is 35.5. The average molecular weight is 416 g/mol. The van der Waals surface area contributed by atoms with Crippen LogP contribution in [0.4, 0.5) is 15.8 Å². The Kier molecular flexibility index (Phi) is 10.3. The number of piperazine rings is 1. The summed E-state index contributed by atoms with van der Waals surface area (Å²) < 4.78 is 19.0. The van der Waals surface area contributed by atoms with E-state index in [4.69, 9.17) is 4.74 Å². The molecule has 150 valence electrons. The first-order chi connectivity index (χ1) is 12.3. The molecular formula is C20H28Cl2FN3O. The van der Waals surface area contributed by atoms with E-state index in [0.29, 0.717) is 5.69 Å². The second kappa shape index (κ2) is 11.9. The molecule has 7 heteroatoms. The van der Waals surface area contributed by atoms with Crippen molar-refractivity contribution in [3.63, 3.8) is 0 Å². The van der Waals surface area contributed by atoms with Gasteiger partial charge in [0.25, 0.3) is 0 Å². The van der Waals surface area contributed by atoms with Crippen LogP contribution in [-0.4, -0.2) is 51.3 Å². The topological polar surface area (TPSA) is 27.7 Å². The summed E-state index contributed by atoms with van der Waals surface area (Å²) in [7, 11) is 1.72. The molecule has 1 aliphatic rings. The zero-order chi connectivity index (χ0) is 17.5. The summed E-state index contributed by atoms with van der Waals surface area (Å²) in [6.45, 7) is 5.90. The molecule has 0 unspecified atom stereocenters. The van der Waals surface area contributed by atoms with Crippen LogP contribution in [0.3, 0.4) is 0 Å². The minimum atomic E-state index is -0.187. The molecule has 4 nitrogen and oxygen atoms in total. The van der Waals surface area contributed by atoms with Crippen LogP contribution in [0.15, 0.2) is 48.5 Å². The van der Waals surface area contributed by atoms with E-state index in [0.717, 1.165) is 51.4 Å². The maximum Gasteiger partial charge on any atom is 0.146 e. The first-order valence-corrected chi connectivity index (χ1v) is 8.86. The number of benzene rings is 2. The van der Waals surface area contributed by atoms with E-state index < -0.39 is 0 Å². The minimum absolute atomic E-state index is 0. The monoisotopic (exact) mass is 415 g/mol. The third kappa shape index (κ3) is 6.45. The van der Waals surface area contributed by atoms with Crippen LogP contribution in [0.25, 0.3) is 0 Å². The van der Waals surface area contributed by atoms with Crippen molar-refractivity contribution in [1.29, 1.82) is 0 Å². The van der Waals surface area contributed by atoms with E-state index in [9.17, 15) is 4.39 Å². The van der Waals surface area contributed by atoms with Crippen molar-refractivity contribution in [1.82, 2.24) is 4.90 Å². The molecular weight excluding hydrogens is 388 g/mol. The van der Waals surface area contributed by atoms with E-state index in [-0.39, 0.29) is 30.6 Å². The molecule has 0 spiro atoms. The lowest BCUT2D eigenvalue weighted by Crippen LogP contribution is -2.46. The van der Waals surface area contributed by atoms with Gasteiger partial charge in [0, 0.05) is 32.7 Å². The number of halogens is 3. The lowest BCUT2D eigenvalue weighted by Gasteiger charge is -2.36. The fourth-order valence-corrected chi connectivity index (χ4v) is 3.23. The Morgan fingerprint density at radius 3 is 2.33 bits per heavy atom. The third-order valence-electron chi connectivity index (χ3n) is 4.64. The number of nitrogens with one attached hydrogen (secondary N) is 1. The van der Waals surface area contributed by atoms with E-state index >= 15 is 0 Å². The summed E-state index contributed by atoms with van der Waals surface area (Å²) in [5.74, 6) is 0.748. The van der Waals surface area contributed by atoms with E-state index in [2.05, 4.69) is 27.2 Å². The van der Waals surface area contributed by atoms with Crippen LogP contribution in [0, 0.1) is 5.82 Å².